The second-order valence-electron chi connectivity index (χ2n) is 2.82. The Morgan fingerprint density at radius 3 is 2.25 bits per heavy atom. The van der Waals surface area contributed by atoms with Gasteiger partial charge in [-0.15, -0.1) is 4.91 Å². The van der Waals surface area contributed by atoms with Gasteiger partial charge in [-0.2, -0.15) is 4.41 Å². The van der Waals surface area contributed by atoms with E-state index in [0.29, 0.717) is 0 Å². The molecule has 1 aromatic carbocycles. The first-order valence-corrected chi connectivity index (χ1v) is 5.51. The Kier molecular flexibility index (Phi) is 7.56. The van der Waals surface area contributed by atoms with Crippen molar-refractivity contribution >= 4 is 10.3 Å². The fourth-order valence-corrected chi connectivity index (χ4v) is 1.46. The van der Waals surface area contributed by atoms with E-state index in [1.807, 2.05) is 6.07 Å². The summed E-state index contributed by atoms with van der Waals surface area (Å²) in [6, 6.07) is 8.89. The predicted molar refractivity (Wildman–Crippen MR) is 52.3 cm³/mol. The first kappa shape index (κ1) is 16.2. The summed E-state index contributed by atoms with van der Waals surface area (Å²) < 4.78 is 31.4. The van der Waals surface area contributed by atoms with Gasteiger partial charge in [0.05, 0.1) is 11.8 Å². The van der Waals surface area contributed by atoms with E-state index in [-0.39, 0.29) is 68.8 Å². The molecule has 0 unspecified atom stereocenters. The van der Waals surface area contributed by atoms with Crippen molar-refractivity contribution in [3.8, 4) is 0 Å². The third-order valence-corrected chi connectivity index (χ3v) is 2.55. The van der Waals surface area contributed by atoms with Crippen LogP contribution in [0, 0.1) is 4.91 Å². The van der Waals surface area contributed by atoms with Crippen molar-refractivity contribution in [3.63, 3.8) is 0 Å². The molecule has 0 atom stereocenters. The maximum Gasteiger partial charge on any atom is 1.00 e. The molecule has 0 heterocycles. The number of nitroso groups, excluding NO2 is 1. The normalized spacial score (nSPS) is 10.3. The fraction of sp³-hybridized carbons (Fsp3) is 0.250. The van der Waals surface area contributed by atoms with Crippen LogP contribution in [-0.4, -0.2) is 23.9 Å². The van der Waals surface area contributed by atoms with Gasteiger partial charge in [0.1, 0.15) is 0 Å². The van der Waals surface area contributed by atoms with Crippen molar-refractivity contribution in [2.75, 3.05) is 6.54 Å². The minimum Gasteiger partial charge on any atom is -0.730 e. The standard InChI is InChI=1S/C8H10N2O4S.K/c11-9-10(15(12,13)14)7-6-8-4-2-1-3-5-8;/h1-5H,6-7H2,(H,12,13,14);/q;+1/p-1. The van der Waals surface area contributed by atoms with Crippen LogP contribution in [0.5, 0.6) is 0 Å². The molecule has 0 N–H and O–H groups in total. The van der Waals surface area contributed by atoms with Crippen molar-refractivity contribution < 1.29 is 64.4 Å². The summed E-state index contributed by atoms with van der Waals surface area (Å²) in [4.78, 5) is 10.1. The zero-order valence-corrected chi connectivity index (χ0v) is 12.7. The second kappa shape index (κ2) is 7.48. The van der Waals surface area contributed by atoms with E-state index >= 15 is 0 Å². The summed E-state index contributed by atoms with van der Waals surface area (Å²) in [5.41, 5.74) is 0.829. The molecule has 0 aromatic heterocycles. The van der Waals surface area contributed by atoms with Crippen LogP contribution in [0.1, 0.15) is 5.56 Å². The minimum atomic E-state index is -4.78. The number of rotatable bonds is 5. The Morgan fingerprint density at radius 1 is 1.25 bits per heavy atom. The second-order valence-corrected chi connectivity index (χ2v) is 4.10. The molecule has 0 radical (unpaired) electrons. The zero-order chi connectivity index (χ0) is 11.3. The molecule has 82 valence electrons. The van der Waals surface area contributed by atoms with Gasteiger partial charge in [-0.25, -0.2) is 8.42 Å². The van der Waals surface area contributed by atoms with Gasteiger partial charge in [0.2, 0.25) is 10.3 Å². The number of hydrogen-bond donors (Lipinski definition) is 0. The molecule has 16 heavy (non-hydrogen) atoms. The summed E-state index contributed by atoms with van der Waals surface area (Å²) in [6.45, 7) is -0.237. The molecule has 6 nitrogen and oxygen atoms in total. The summed E-state index contributed by atoms with van der Waals surface area (Å²) in [7, 11) is -4.78. The molecule has 0 saturated heterocycles. The van der Waals surface area contributed by atoms with Gasteiger partial charge in [0.15, 0.2) is 0 Å². The summed E-state index contributed by atoms with van der Waals surface area (Å²) >= 11 is 0. The van der Waals surface area contributed by atoms with Crippen LogP contribution >= 0.6 is 0 Å². The number of hydrogen-bond acceptors (Lipinski definition) is 5. The molecule has 1 aromatic rings. The van der Waals surface area contributed by atoms with Gasteiger partial charge in [-0.3, -0.25) is 0 Å². The van der Waals surface area contributed by atoms with Crippen molar-refractivity contribution in [2.45, 2.75) is 6.42 Å². The van der Waals surface area contributed by atoms with E-state index in [9.17, 15) is 17.9 Å². The molecule has 0 fully saturated rings. The summed E-state index contributed by atoms with van der Waals surface area (Å²) in [6.07, 6.45) is 0.272. The van der Waals surface area contributed by atoms with Crippen molar-refractivity contribution in [2.24, 2.45) is 5.29 Å². The van der Waals surface area contributed by atoms with Crippen molar-refractivity contribution in [1.29, 1.82) is 0 Å². The van der Waals surface area contributed by atoms with Gasteiger partial charge in [-0.1, -0.05) is 30.3 Å². The van der Waals surface area contributed by atoms with Gasteiger partial charge in [-0.05, 0) is 12.0 Å². The monoisotopic (exact) mass is 268 g/mol. The van der Waals surface area contributed by atoms with Crippen LogP contribution in [0.25, 0.3) is 0 Å². The van der Waals surface area contributed by atoms with Crippen LogP contribution < -0.4 is 51.4 Å². The molecule has 8 heteroatoms. The molecule has 0 spiro atoms. The minimum absolute atomic E-state index is 0. The van der Waals surface area contributed by atoms with E-state index in [0.717, 1.165) is 5.56 Å². The largest absolute Gasteiger partial charge is 1.00 e. The Morgan fingerprint density at radius 2 is 1.81 bits per heavy atom. The molecule has 0 saturated carbocycles. The van der Waals surface area contributed by atoms with E-state index in [4.69, 9.17) is 0 Å². The molecule has 1 rings (SSSR count). The van der Waals surface area contributed by atoms with Crippen LogP contribution in [0.15, 0.2) is 35.6 Å². The maximum absolute atomic E-state index is 10.5. The van der Waals surface area contributed by atoms with Crippen LogP contribution in [0.2, 0.25) is 0 Å². The van der Waals surface area contributed by atoms with Crippen molar-refractivity contribution in [3.05, 3.63) is 40.8 Å². The smallest absolute Gasteiger partial charge is 0.730 e. The topological polar surface area (TPSA) is 89.9 Å². The molecule has 0 bridgehead atoms. The third kappa shape index (κ3) is 5.48. The molecular formula is C8H9KN2O4S. The quantitative estimate of drug-likeness (QED) is 0.259. The molecule has 0 aliphatic carbocycles. The third-order valence-electron chi connectivity index (χ3n) is 1.78. The van der Waals surface area contributed by atoms with Gasteiger partial charge >= 0.3 is 51.4 Å². The molecule has 0 amide bonds. The van der Waals surface area contributed by atoms with Gasteiger partial charge < -0.3 is 4.55 Å². The maximum atomic E-state index is 10.5. The van der Waals surface area contributed by atoms with Crippen LogP contribution in [0.3, 0.4) is 0 Å². The summed E-state index contributed by atoms with van der Waals surface area (Å²) in [5, 5.41) is 2.16. The van der Waals surface area contributed by atoms with Crippen LogP contribution in [-0.2, 0) is 16.7 Å². The molecule has 0 aliphatic rings. The first-order chi connectivity index (χ1) is 7.04. The van der Waals surface area contributed by atoms with E-state index in [1.165, 1.54) is 0 Å². The summed E-state index contributed by atoms with van der Waals surface area (Å²) in [5.74, 6) is 0. The van der Waals surface area contributed by atoms with E-state index < -0.39 is 10.3 Å². The van der Waals surface area contributed by atoms with Gasteiger partial charge in [0, 0.05) is 0 Å². The predicted octanol–water partition coefficient (Wildman–Crippen LogP) is -2.32. The Bertz CT molecular complexity index is 423. The number of benzene rings is 1. The molecule has 0 aliphatic heterocycles. The SMILES string of the molecule is O=NN(CCc1ccccc1)S(=O)(=O)[O-].[K+]. The Balaban J connectivity index is 0.00000225. The molecular weight excluding hydrogens is 259 g/mol. The fourth-order valence-electron chi connectivity index (χ4n) is 1.06. The Labute approximate surface area is 136 Å². The van der Waals surface area contributed by atoms with E-state index in [2.05, 4.69) is 5.29 Å². The Hall–Kier alpha value is 0.166. The van der Waals surface area contributed by atoms with Crippen molar-refractivity contribution in [1.82, 2.24) is 4.41 Å². The number of nitrogens with zero attached hydrogens (tertiary/aromatic N) is 2. The average Bonchev–Trinajstić information content (AvgIpc) is 2.18. The van der Waals surface area contributed by atoms with Crippen LogP contribution in [0.4, 0.5) is 0 Å². The van der Waals surface area contributed by atoms with Gasteiger partial charge in [0.25, 0.3) is 0 Å². The average molecular weight is 268 g/mol. The zero-order valence-electron chi connectivity index (χ0n) is 8.74. The van der Waals surface area contributed by atoms with E-state index in [1.54, 1.807) is 24.3 Å². The first-order valence-electron chi connectivity index (χ1n) is 4.15.